The Hall–Kier alpha value is -2.27. The quantitative estimate of drug-likeness (QED) is 0.534. The van der Waals surface area contributed by atoms with Gasteiger partial charge in [0.25, 0.3) is 0 Å². The van der Waals surface area contributed by atoms with Gasteiger partial charge >= 0.3 is 11.9 Å². The fourth-order valence-corrected chi connectivity index (χ4v) is 2.85. The molecule has 2 N–H and O–H groups in total. The Balaban J connectivity index is 1.95. The molecule has 0 fully saturated rings. The third kappa shape index (κ3) is 5.63. The van der Waals surface area contributed by atoms with Crippen LogP contribution in [0.2, 0.25) is 0 Å². The van der Waals surface area contributed by atoms with Crippen molar-refractivity contribution in [2.75, 3.05) is 24.8 Å². The van der Waals surface area contributed by atoms with Gasteiger partial charge in [0.15, 0.2) is 5.16 Å². The zero-order valence-corrected chi connectivity index (χ0v) is 14.6. The van der Waals surface area contributed by atoms with Crippen LogP contribution < -0.4 is 11.0 Å². The van der Waals surface area contributed by atoms with Gasteiger partial charge in [-0.25, -0.2) is 9.89 Å². The van der Waals surface area contributed by atoms with E-state index in [9.17, 15) is 22.8 Å². The Labute approximate surface area is 150 Å². The van der Waals surface area contributed by atoms with Crippen LogP contribution in [0.25, 0.3) is 0 Å². The minimum absolute atomic E-state index is 0.0462. The molecule has 0 aliphatic rings. The first kappa shape index (κ1) is 20.0. The van der Waals surface area contributed by atoms with Crippen molar-refractivity contribution in [2.24, 2.45) is 0 Å². The molecule has 2 aromatic rings. The number of nitrogens with zero attached hydrogens (tertiary/aromatic N) is 2. The van der Waals surface area contributed by atoms with E-state index in [0.717, 1.165) is 23.9 Å². The van der Waals surface area contributed by atoms with E-state index >= 15 is 0 Å². The Kier molecular flexibility index (Phi) is 6.86. The number of halogens is 3. The molecule has 0 aliphatic heterocycles. The van der Waals surface area contributed by atoms with E-state index in [2.05, 4.69) is 15.5 Å². The Morgan fingerprint density at radius 1 is 1.42 bits per heavy atom. The summed E-state index contributed by atoms with van der Waals surface area (Å²) in [6, 6.07) is 4.37. The first-order valence-electron chi connectivity index (χ1n) is 7.55. The zero-order chi connectivity index (χ0) is 19.2. The molecule has 0 saturated carbocycles. The standard InChI is InChI=1S/C15H17F3N4O3S/c1-25-7-3-6-22-13(24)20-21-14(22)26-9-12(23)19-11-5-2-4-10(8-11)15(16,17)18/h2,4-5,8H,3,6-7,9H2,1H3,(H,19,23)(H,20,24). The first-order chi connectivity index (χ1) is 12.3. The van der Waals surface area contributed by atoms with Gasteiger partial charge in [-0.15, -0.1) is 5.10 Å². The first-order valence-corrected chi connectivity index (χ1v) is 8.54. The monoisotopic (exact) mass is 390 g/mol. The average molecular weight is 390 g/mol. The number of aromatic amines is 1. The number of alkyl halides is 3. The highest BCUT2D eigenvalue weighted by Gasteiger charge is 2.30. The predicted octanol–water partition coefficient (Wildman–Crippen LogP) is 2.36. The number of ether oxygens (including phenoxy) is 1. The number of nitrogens with one attached hydrogen (secondary N) is 2. The van der Waals surface area contributed by atoms with Crippen molar-refractivity contribution in [1.82, 2.24) is 14.8 Å². The summed E-state index contributed by atoms with van der Waals surface area (Å²) < 4.78 is 44.3. The number of methoxy groups -OCH3 is 1. The molecule has 0 unspecified atom stereocenters. The summed E-state index contributed by atoms with van der Waals surface area (Å²) in [7, 11) is 1.55. The minimum atomic E-state index is -4.48. The molecule has 0 radical (unpaired) electrons. The zero-order valence-electron chi connectivity index (χ0n) is 13.8. The van der Waals surface area contributed by atoms with Crippen molar-refractivity contribution < 1.29 is 22.7 Å². The molecule has 142 valence electrons. The van der Waals surface area contributed by atoms with E-state index in [1.54, 1.807) is 7.11 Å². The summed E-state index contributed by atoms with van der Waals surface area (Å²) in [6.45, 7) is 0.846. The molecule has 1 aromatic carbocycles. The molecule has 0 atom stereocenters. The number of carbonyl (C=O) groups is 1. The third-order valence-electron chi connectivity index (χ3n) is 3.26. The smallest absolute Gasteiger partial charge is 0.385 e. The van der Waals surface area contributed by atoms with Crippen LogP contribution in [0.3, 0.4) is 0 Å². The highest BCUT2D eigenvalue weighted by Crippen LogP contribution is 2.30. The van der Waals surface area contributed by atoms with Crippen LogP contribution in [0.5, 0.6) is 0 Å². The van der Waals surface area contributed by atoms with Gasteiger partial charge in [0.05, 0.1) is 11.3 Å². The maximum atomic E-state index is 12.7. The fraction of sp³-hybridized carbons (Fsp3) is 0.400. The van der Waals surface area contributed by atoms with Crippen LogP contribution in [0.15, 0.2) is 34.2 Å². The lowest BCUT2D eigenvalue weighted by Crippen LogP contribution is -2.19. The number of hydrogen-bond acceptors (Lipinski definition) is 5. The molecule has 2 rings (SSSR count). The second kappa shape index (κ2) is 8.90. The molecule has 1 aromatic heterocycles. The van der Waals surface area contributed by atoms with Gasteiger partial charge in [0.2, 0.25) is 5.91 Å². The van der Waals surface area contributed by atoms with Crippen LogP contribution >= 0.6 is 11.8 Å². The summed E-state index contributed by atoms with van der Waals surface area (Å²) in [6.07, 6.45) is -3.89. The van der Waals surface area contributed by atoms with Crippen LogP contribution in [0.4, 0.5) is 18.9 Å². The van der Waals surface area contributed by atoms with Crippen molar-refractivity contribution in [2.45, 2.75) is 24.3 Å². The van der Waals surface area contributed by atoms with Crippen molar-refractivity contribution >= 4 is 23.4 Å². The number of anilines is 1. The highest BCUT2D eigenvalue weighted by molar-refractivity contribution is 7.99. The lowest BCUT2D eigenvalue weighted by atomic mass is 10.2. The molecular weight excluding hydrogens is 373 g/mol. The molecule has 0 saturated heterocycles. The molecule has 26 heavy (non-hydrogen) atoms. The second-order valence-corrected chi connectivity index (χ2v) is 6.17. The Morgan fingerprint density at radius 3 is 2.88 bits per heavy atom. The van der Waals surface area contributed by atoms with Gasteiger partial charge in [-0.1, -0.05) is 17.8 Å². The maximum Gasteiger partial charge on any atom is 0.416 e. The molecule has 0 aliphatic carbocycles. The number of hydrogen-bond donors (Lipinski definition) is 2. The number of H-pyrrole nitrogens is 1. The van der Waals surface area contributed by atoms with Crippen LogP contribution in [0.1, 0.15) is 12.0 Å². The van der Waals surface area contributed by atoms with Crippen LogP contribution in [-0.2, 0) is 22.3 Å². The van der Waals surface area contributed by atoms with Crippen molar-refractivity contribution in [3.8, 4) is 0 Å². The lowest BCUT2D eigenvalue weighted by Gasteiger charge is -2.10. The van der Waals surface area contributed by atoms with Gasteiger partial charge in [-0.05, 0) is 24.6 Å². The Morgan fingerprint density at radius 2 is 2.19 bits per heavy atom. The molecule has 0 bridgehead atoms. The number of carbonyl (C=O) groups excluding carboxylic acids is 1. The van der Waals surface area contributed by atoms with Gasteiger partial charge < -0.3 is 10.1 Å². The fourth-order valence-electron chi connectivity index (χ4n) is 2.08. The molecule has 0 spiro atoms. The van der Waals surface area contributed by atoms with Gasteiger partial charge in [-0.3, -0.25) is 9.36 Å². The summed E-state index contributed by atoms with van der Waals surface area (Å²) in [5.41, 5.74) is -1.20. The third-order valence-corrected chi connectivity index (χ3v) is 4.24. The van der Waals surface area contributed by atoms with E-state index in [4.69, 9.17) is 4.74 Å². The number of amides is 1. The van der Waals surface area contributed by atoms with Crippen molar-refractivity contribution in [1.29, 1.82) is 0 Å². The predicted molar refractivity (Wildman–Crippen MR) is 90.1 cm³/mol. The second-order valence-electron chi connectivity index (χ2n) is 5.22. The van der Waals surface area contributed by atoms with E-state index < -0.39 is 23.3 Å². The number of benzene rings is 1. The lowest BCUT2D eigenvalue weighted by molar-refractivity contribution is -0.137. The topological polar surface area (TPSA) is 89.0 Å². The van der Waals surface area contributed by atoms with Gasteiger partial charge in [0.1, 0.15) is 0 Å². The summed E-state index contributed by atoms with van der Waals surface area (Å²) in [5, 5.41) is 8.86. The maximum absolute atomic E-state index is 12.7. The van der Waals surface area contributed by atoms with Crippen molar-refractivity contribution in [3.63, 3.8) is 0 Å². The summed E-state index contributed by atoms with van der Waals surface area (Å²) in [5.74, 6) is -0.613. The molecule has 1 heterocycles. The summed E-state index contributed by atoms with van der Waals surface area (Å²) >= 11 is 1.01. The highest BCUT2D eigenvalue weighted by atomic mass is 32.2. The van der Waals surface area contributed by atoms with Gasteiger partial charge in [0, 0.05) is 25.9 Å². The molecule has 7 nitrogen and oxygen atoms in total. The largest absolute Gasteiger partial charge is 0.416 e. The van der Waals surface area contributed by atoms with E-state index in [-0.39, 0.29) is 11.4 Å². The number of aromatic nitrogens is 3. The summed E-state index contributed by atoms with van der Waals surface area (Å²) in [4.78, 5) is 23.7. The molecule has 1 amide bonds. The number of thioether (sulfide) groups is 1. The molecular formula is C15H17F3N4O3S. The average Bonchev–Trinajstić information content (AvgIpc) is 2.93. The van der Waals surface area contributed by atoms with E-state index in [1.165, 1.54) is 16.7 Å². The normalized spacial score (nSPS) is 11.5. The van der Waals surface area contributed by atoms with Crippen LogP contribution in [0, 0.1) is 0 Å². The van der Waals surface area contributed by atoms with E-state index in [1.807, 2.05) is 0 Å². The Bertz CT molecular complexity index is 804. The van der Waals surface area contributed by atoms with E-state index in [0.29, 0.717) is 24.7 Å². The van der Waals surface area contributed by atoms with Crippen molar-refractivity contribution in [3.05, 3.63) is 40.3 Å². The van der Waals surface area contributed by atoms with Gasteiger partial charge in [-0.2, -0.15) is 13.2 Å². The number of rotatable bonds is 8. The SMILES string of the molecule is COCCCn1c(SCC(=O)Nc2cccc(C(F)(F)F)c2)n[nH]c1=O. The molecule has 11 heteroatoms. The minimum Gasteiger partial charge on any atom is -0.385 e. The van der Waals surface area contributed by atoms with Crippen LogP contribution in [-0.4, -0.2) is 40.1 Å².